The molecule has 2 aromatic heterocycles. The lowest BCUT2D eigenvalue weighted by atomic mass is 10.1. The number of nitrogens with one attached hydrogen (secondary N) is 1. The van der Waals surface area contributed by atoms with Crippen molar-refractivity contribution in [2.24, 2.45) is 14.1 Å². The lowest BCUT2D eigenvalue weighted by molar-refractivity contribution is 0.121. The van der Waals surface area contributed by atoms with Crippen LogP contribution in [0.5, 0.6) is 5.75 Å². The van der Waals surface area contributed by atoms with Crippen molar-refractivity contribution >= 4 is 17.1 Å². The van der Waals surface area contributed by atoms with E-state index in [1.54, 1.807) is 32.2 Å². The quantitative estimate of drug-likeness (QED) is 0.391. The molecule has 4 rings (SSSR count). The molecule has 11 heteroatoms. The van der Waals surface area contributed by atoms with E-state index in [1.165, 1.54) is 11.6 Å². The van der Waals surface area contributed by atoms with Gasteiger partial charge in [-0.3, -0.25) is 13.9 Å². The second kappa shape index (κ2) is 10.00. The van der Waals surface area contributed by atoms with Crippen LogP contribution in [-0.2, 0) is 25.4 Å². The molecular weight excluding hydrogens is 440 g/mol. The fourth-order valence-corrected chi connectivity index (χ4v) is 4.26. The molecule has 0 aliphatic carbocycles. The van der Waals surface area contributed by atoms with Crippen molar-refractivity contribution in [2.45, 2.75) is 26.0 Å². The first-order chi connectivity index (χ1) is 16.3. The fraction of sp³-hybridized carbons (Fsp3) is 0.522. The summed E-state index contributed by atoms with van der Waals surface area (Å²) in [5.41, 5.74) is 1.47. The molecule has 1 aliphatic rings. The Bertz CT molecular complexity index is 1290. The van der Waals surface area contributed by atoms with Crippen LogP contribution in [0.25, 0.3) is 11.2 Å². The summed E-state index contributed by atoms with van der Waals surface area (Å²) in [5, 5.41) is 23.4. The molecule has 3 aromatic rings. The minimum absolute atomic E-state index is 0.205. The van der Waals surface area contributed by atoms with E-state index in [0.717, 1.165) is 15.7 Å². The van der Waals surface area contributed by atoms with Crippen molar-refractivity contribution in [3.05, 3.63) is 50.2 Å². The minimum atomic E-state index is -0.695. The van der Waals surface area contributed by atoms with Gasteiger partial charge in [-0.1, -0.05) is 6.07 Å². The Labute approximate surface area is 196 Å². The number of nitrogens with zero attached hydrogens (tertiary/aromatic N) is 5. The largest absolute Gasteiger partial charge is 0.508 e. The van der Waals surface area contributed by atoms with Crippen LogP contribution >= 0.6 is 0 Å². The average Bonchev–Trinajstić information content (AvgIpc) is 3.23. The molecule has 1 saturated heterocycles. The Balaban J connectivity index is 1.49. The van der Waals surface area contributed by atoms with Gasteiger partial charge in [0.1, 0.15) is 5.75 Å². The Morgan fingerprint density at radius 3 is 2.62 bits per heavy atom. The molecule has 0 unspecified atom stereocenters. The number of aliphatic hydroxyl groups is 1. The number of ether oxygens (including phenoxy) is 1. The summed E-state index contributed by atoms with van der Waals surface area (Å²) in [5.74, 6) is 0.868. The van der Waals surface area contributed by atoms with Crippen molar-refractivity contribution in [1.29, 1.82) is 0 Å². The molecular formula is C23H32N6O5. The highest BCUT2D eigenvalue weighted by atomic mass is 16.5. The molecule has 1 aliphatic heterocycles. The number of phenols is 1. The second-order valence-electron chi connectivity index (χ2n) is 8.66. The van der Waals surface area contributed by atoms with Gasteiger partial charge < -0.3 is 29.7 Å². The molecule has 0 saturated carbocycles. The van der Waals surface area contributed by atoms with Gasteiger partial charge in [0.2, 0.25) is 5.95 Å². The van der Waals surface area contributed by atoms with Crippen LogP contribution in [0.3, 0.4) is 0 Å². The lowest BCUT2D eigenvalue weighted by Gasteiger charge is -2.28. The predicted octanol–water partition coefficient (Wildman–Crippen LogP) is -0.00238. The standard InChI is InChI=1S/C23H32N6O5/c1-15-13-16(5-6-17(15)30)18(31)14-24-7-4-8-29-19-20(26(2)23(33)27(3)21(19)32)25-22(29)28-9-11-34-12-10-28/h5-6,13,18,24,30-31H,4,7-12,14H2,1-3H3/t18-/m0/s1. The summed E-state index contributed by atoms with van der Waals surface area (Å²) < 4.78 is 9.87. The maximum Gasteiger partial charge on any atom is 0.332 e. The highest BCUT2D eigenvalue weighted by Gasteiger charge is 2.23. The van der Waals surface area contributed by atoms with Crippen molar-refractivity contribution < 1.29 is 14.9 Å². The molecule has 3 heterocycles. The summed E-state index contributed by atoms with van der Waals surface area (Å²) >= 11 is 0. The number of aliphatic hydroxyl groups excluding tert-OH is 1. The molecule has 1 aromatic carbocycles. The van der Waals surface area contributed by atoms with Crippen LogP contribution in [0.15, 0.2) is 27.8 Å². The van der Waals surface area contributed by atoms with Crippen LogP contribution in [-0.4, -0.2) is 68.3 Å². The van der Waals surface area contributed by atoms with Gasteiger partial charge in [-0.25, -0.2) is 4.79 Å². The topological polar surface area (TPSA) is 127 Å². The van der Waals surface area contributed by atoms with E-state index in [9.17, 15) is 19.8 Å². The second-order valence-corrected chi connectivity index (χ2v) is 8.66. The normalized spacial score (nSPS) is 15.2. The van der Waals surface area contributed by atoms with Crippen molar-refractivity contribution in [3.63, 3.8) is 0 Å². The predicted molar refractivity (Wildman–Crippen MR) is 129 cm³/mol. The smallest absolute Gasteiger partial charge is 0.332 e. The van der Waals surface area contributed by atoms with E-state index in [2.05, 4.69) is 15.2 Å². The fourth-order valence-electron chi connectivity index (χ4n) is 4.26. The minimum Gasteiger partial charge on any atom is -0.508 e. The van der Waals surface area contributed by atoms with Crippen LogP contribution in [0.1, 0.15) is 23.7 Å². The van der Waals surface area contributed by atoms with Gasteiger partial charge in [-0.2, -0.15) is 4.98 Å². The molecule has 3 N–H and O–H groups in total. The Kier molecular flexibility index (Phi) is 7.05. The summed E-state index contributed by atoms with van der Waals surface area (Å²) in [6.07, 6.45) is -0.00468. The highest BCUT2D eigenvalue weighted by molar-refractivity contribution is 5.74. The number of rotatable bonds is 8. The molecule has 1 atom stereocenters. The van der Waals surface area contributed by atoms with Gasteiger partial charge in [0.25, 0.3) is 5.56 Å². The zero-order valence-corrected chi connectivity index (χ0v) is 19.8. The van der Waals surface area contributed by atoms with Gasteiger partial charge in [-0.15, -0.1) is 0 Å². The number of hydrogen-bond acceptors (Lipinski definition) is 8. The van der Waals surface area contributed by atoms with E-state index < -0.39 is 11.8 Å². The monoisotopic (exact) mass is 472 g/mol. The van der Waals surface area contributed by atoms with Crippen LogP contribution in [0, 0.1) is 6.92 Å². The van der Waals surface area contributed by atoms with Crippen molar-refractivity contribution in [3.8, 4) is 5.75 Å². The number of morpholine rings is 1. The molecule has 0 amide bonds. The van der Waals surface area contributed by atoms with Gasteiger partial charge in [-0.05, 0) is 43.1 Å². The Morgan fingerprint density at radius 2 is 1.91 bits per heavy atom. The molecule has 1 fully saturated rings. The highest BCUT2D eigenvalue weighted by Crippen LogP contribution is 2.22. The van der Waals surface area contributed by atoms with E-state index >= 15 is 0 Å². The first kappa shape index (κ1) is 24.0. The molecule has 0 radical (unpaired) electrons. The molecule has 0 spiro atoms. The van der Waals surface area contributed by atoms with Gasteiger partial charge in [0.15, 0.2) is 11.2 Å². The van der Waals surface area contributed by atoms with E-state index in [0.29, 0.717) is 69.5 Å². The van der Waals surface area contributed by atoms with Gasteiger partial charge in [0.05, 0.1) is 19.3 Å². The number of aromatic hydroxyl groups is 1. The zero-order valence-electron chi connectivity index (χ0n) is 19.8. The Morgan fingerprint density at radius 1 is 1.18 bits per heavy atom. The number of aryl methyl sites for hydroxylation is 3. The maximum atomic E-state index is 13.0. The lowest BCUT2D eigenvalue weighted by Crippen LogP contribution is -2.39. The summed E-state index contributed by atoms with van der Waals surface area (Å²) in [6, 6.07) is 5.06. The number of phenolic OH excluding ortho intramolecular Hbond substituents is 1. The third-order valence-corrected chi connectivity index (χ3v) is 6.30. The summed E-state index contributed by atoms with van der Waals surface area (Å²) in [7, 11) is 3.10. The Hall–Kier alpha value is -3.15. The summed E-state index contributed by atoms with van der Waals surface area (Å²) in [4.78, 5) is 32.2. The average molecular weight is 473 g/mol. The van der Waals surface area contributed by atoms with E-state index in [-0.39, 0.29) is 11.3 Å². The van der Waals surface area contributed by atoms with Gasteiger partial charge in [0, 0.05) is 40.3 Å². The SMILES string of the molecule is Cc1cc([C@@H](O)CNCCCn2c(N3CCOCC3)nc3c2c(=O)n(C)c(=O)n3C)ccc1O. The number of hydrogen-bond donors (Lipinski definition) is 3. The number of benzene rings is 1. The first-order valence-electron chi connectivity index (χ1n) is 11.5. The molecule has 184 valence electrons. The maximum absolute atomic E-state index is 13.0. The number of anilines is 1. The molecule has 11 nitrogen and oxygen atoms in total. The summed E-state index contributed by atoms with van der Waals surface area (Å²) in [6.45, 7) is 5.78. The van der Waals surface area contributed by atoms with Crippen LogP contribution in [0.2, 0.25) is 0 Å². The zero-order chi connectivity index (χ0) is 24.4. The number of imidazole rings is 1. The van der Waals surface area contributed by atoms with Crippen LogP contribution < -0.4 is 21.5 Å². The van der Waals surface area contributed by atoms with E-state index in [4.69, 9.17) is 4.74 Å². The number of aromatic nitrogens is 4. The first-order valence-corrected chi connectivity index (χ1v) is 11.5. The van der Waals surface area contributed by atoms with Crippen molar-refractivity contribution in [2.75, 3.05) is 44.3 Å². The third-order valence-electron chi connectivity index (χ3n) is 6.30. The van der Waals surface area contributed by atoms with Gasteiger partial charge >= 0.3 is 5.69 Å². The molecule has 34 heavy (non-hydrogen) atoms. The van der Waals surface area contributed by atoms with Crippen molar-refractivity contribution in [1.82, 2.24) is 24.0 Å². The number of fused-ring (bicyclic) bond motifs is 1. The third kappa shape index (κ3) is 4.59. The van der Waals surface area contributed by atoms with Crippen LogP contribution in [0.4, 0.5) is 5.95 Å². The van der Waals surface area contributed by atoms with E-state index in [1.807, 2.05) is 4.57 Å². The molecule has 0 bridgehead atoms.